The Morgan fingerprint density at radius 3 is 2.81 bits per heavy atom. The van der Waals surface area contributed by atoms with Gasteiger partial charge in [-0.1, -0.05) is 13.8 Å². The Bertz CT molecular complexity index is 329. The fourth-order valence-electron chi connectivity index (χ4n) is 1.27. The van der Waals surface area contributed by atoms with E-state index in [2.05, 4.69) is 41.8 Å². The van der Waals surface area contributed by atoms with Gasteiger partial charge >= 0.3 is 0 Å². The Balaban J connectivity index is 2.27. The molecule has 0 bridgehead atoms. The van der Waals surface area contributed by atoms with Crippen LogP contribution in [0.15, 0.2) is 18.2 Å². The molecule has 16 heavy (non-hydrogen) atoms. The molecule has 0 unspecified atom stereocenters. The van der Waals surface area contributed by atoms with Crippen LogP contribution in [0.1, 0.15) is 13.8 Å². The molecule has 0 aliphatic heterocycles. The first kappa shape index (κ1) is 13.6. The molecular weight excluding hydrogens is 315 g/mol. The van der Waals surface area contributed by atoms with Gasteiger partial charge in [0.2, 0.25) is 0 Å². The van der Waals surface area contributed by atoms with E-state index >= 15 is 0 Å². The minimum absolute atomic E-state index is 0.586. The molecule has 1 aromatic carbocycles. The lowest BCUT2D eigenvalue weighted by Gasteiger charge is -2.10. The first-order valence-electron chi connectivity index (χ1n) is 5.46. The van der Waals surface area contributed by atoms with Crippen LogP contribution in [0.5, 0.6) is 0 Å². The van der Waals surface area contributed by atoms with Crippen LogP contribution in [0, 0.1) is 9.49 Å². The van der Waals surface area contributed by atoms with Crippen LogP contribution in [0.3, 0.4) is 0 Å². The lowest BCUT2D eigenvalue weighted by atomic mass is 10.2. The summed E-state index contributed by atoms with van der Waals surface area (Å²) in [4.78, 5) is 0. The van der Waals surface area contributed by atoms with Crippen molar-refractivity contribution in [3.05, 3.63) is 21.8 Å². The quantitative estimate of drug-likeness (QED) is 0.478. The summed E-state index contributed by atoms with van der Waals surface area (Å²) in [5.74, 6) is 0.586. The molecule has 0 aromatic heterocycles. The van der Waals surface area contributed by atoms with Crippen LogP contribution < -0.4 is 11.1 Å². The van der Waals surface area contributed by atoms with E-state index in [1.165, 1.54) is 0 Å². The molecule has 4 heteroatoms. The second-order valence-corrected chi connectivity index (χ2v) is 5.37. The first-order chi connectivity index (χ1) is 7.59. The lowest BCUT2D eigenvalue weighted by Crippen LogP contribution is -2.13. The van der Waals surface area contributed by atoms with E-state index in [1.54, 1.807) is 0 Å². The third kappa shape index (κ3) is 5.03. The number of hydrogen-bond donors (Lipinski definition) is 2. The summed E-state index contributed by atoms with van der Waals surface area (Å²) in [5.41, 5.74) is 7.64. The van der Waals surface area contributed by atoms with E-state index < -0.39 is 0 Å². The van der Waals surface area contributed by atoms with E-state index in [9.17, 15) is 0 Å². The SMILES string of the molecule is CC(C)COCCNc1ccc(I)cc1N. The van der Waals surface area contributed by atoms with Crippen LogP contribution in [-0.2, 0) is 4.74 Å². The van der Waals surface area contributed by atoms with E-state index in [1.807, 2.05) is 18.2 Å². The highest BCUT2D eigenvalue weighted by Gasteiger charge is 1.99. The number of rotatable bonds is 6. The molecule has 0 saturated heterocycles. The van der Waals surface area contributed by atoms with Gasteiger partial charge in [0.25, 0.3) is 0 Å². The Morgan fingerprint density at radius 1 is 1.44 bits per heavy atom. The molecule has 0 aliphatic rings. The van der Waals surface area contributed by atoms with Crippen molar-refractivity contribution in [3.8, 4) is 0 Å². The molecule has 90 valence electrons. The predicted octanol–water partition coefficient (Wildman–Crippen LogP) is 2.96. The van der Waals surface area contributed by atoms with Crippen molar-refractivity contribution in [2.24, 2.45) is 5.92 Å². The van der Waals surface area contributed by atoms with Gasteiger partial charge in [-0.2, -0.15) is 0 Å². The zero-order chi connectivity index (χ0) is 12.0. The molecule has 0 amide bonds. The van der Waals surface area contributed by atoms with Crippen molar-refractivity contribution in [2.75, 3.05) is 30.8 Å². The molecule has 0 spiro atoms. The maximum atomic E-state index is 5.88. The van der Waals surface area contributed by atoms with E-state index in [4.69, 9.17) is 10.5 Å². The molecule has 0 aliphatic carbocycles. The van der Waals surface area contributed by atoms with E-state index in [0.29, 0.717) is 12.5 Å². The first-order valence-corrected chi connectivity index (χ1v) is 6.54. The molecular formula is C12H19IN2O. The number of anilines is 2. The smallest absolute Gasteiger partial charge is 0.0639 e. The third-order valence-electron chi connectivity index (χ3n) is 2.03. The topological polar surface area (TPSA) is 47.3 Å². The van der Waals surface area contributed by atoms with Crippen LogP contribution in [0.4, 0.5) is 11.4 Å². The fraction of sp³-hybridized carbons (Fsp3) is 0.500. The zero-order valence-electron chi connectivity index (χ0n) is 9.79. The molecule has 3 nitrogen and oxygen atoms in total. The second-order valence-electron chi connectivity index (χ2n) is 4.13. The molecule has 0 saturated carbocycles. The number of nitrogens with two attached hydrogens (primary N) is 1. The third-order valence-corrected chi connectivity index (χ3v) is 2.70. The van der Waals surface area contributed by atoms with Gasteiger partial charge in [-0.05, 0) is 46.7 Å². The summed E-state index contributed by atoms with van der Waals surface area (Å²) in [6.45, 7) is 6.60. The molecule has 0 fully saturated rings. The lowest BCUT2D eigenvalue weighted by molar-refractivity contribution is 0.118. The standard InChI is InChI=1S/C12H19IN2O/c1-9(2)8-16-6-5-15-12-4-3-10(13)7-11(12)14/h3-4,7,9,15H,5-6,8,14H2,1-2H3. The van der Waals surface area contributed by atoms with Gasteiger partial charge < -0.3 is 15.8 Å². The van der Waals surface area contributed by atoms with Crippen LogP contribution in [0.2, 0.25) is 0 Å². The normalized spacial score (nSPS) is 10.8. The molecule has 0 atom stereocenters. The Labute approximate surface area is 111 Å². The maximum Gasteiger partial charge on any atom is 0.0639 e. The summed E-state index contributed by atoms with van der Waals surface area (Å²) in [5, 5.41) is 3.26. The Kier molecular flexibility index (Phi) is 5.90. The molecule has 3 N–H and O–H groups in total. The van der Waals surface area contributed by atoms with Crippen molar-refractivity contribution in [2.45, 2.75) is 13.8 Å². The van der Waals surface area contributed by atoms with E-state index in [-0.39, 0.29) is 0 Å². The number of hydrogen-bond acceptors (Lipinski definition) is 3. The summed E-state index contributed by atoms with van der Waals surface area (Å²) in [7, 11) is 0. The minimum Gasteiger partial charge on any atom is -0.397 e. The largest absolute Gasteiger partial charge is 0.397 e. The average Bonchev–Trinajstić information content (AvgIpc) is 2.20. The van der Waals surface area contributed by atoms with Gasteiger partial charge in [0.05, 0.1) is 18.0 Å². The Hall–Kier alpha value is -0.490. The van der Waals surface area contributed by atoms with Gasteiger partial charge in [0.15, 0.2) is 0 Å². The molecule has 1 rings (SSSR count). The number of nitrogens with one attached hydrogen (secondary N) is 1. The zero-order valence-corrected chi connectivity index (χ0v) is 12.0. The van der Waals surface area contributed by atoms with Crippen molar-refractivity contribution < 1.29 is 4.74 Å². The highest BCUT2D eigenvalue weighted by Crippen LogP contribution is 2.20. The fourth-order valence-corrected chi connectivity index (χ4v) is 1.79. The van der Waals surface area contributed by atoms with Crippen molar-refractivity contribution in [1.29, 1.82) is 0 Å². The minimum atomic E-state index is 0.586. The Morgan fingerprint density at radius 2 is 2.19 bits per heavy atom. The highest BCUT2D eigenvalue weighted by atomic mass is 127. The summed E-state index contributed by atoms with van der Waals surface area (Å²) >= 11 is 2.25. The van der Waals surface area contributed by atoms with Crippen molar-refractivity contribution in [3.63, 3.8) is 0 Å². The molecule has 1 aromatic rings. The van der Waals surface area contributed by atoms with Crippen molar-refractivity contribution >= 4 is 34.0 Å². The second kappa shape index (κ2) is 6.96. The molecule has 0 heterocycles. The summed E-state index contributed by atoms with van der Waals surface area (Å²) < 4.78 is 6.63. The predicted molar refractivity (Wildman–Crippen MR) is 77.7 cm³/mol. The van der Waals surface area contributed by atoms with Gasteiger partial charge in [0, 0.05) is 16.7 Å². The molecule has 0 radical (unpaired) electrons. The monoisotopic (exact) mass is 334 g/mol. The van der Waals surface area contributed by atoms with Gasteiger partial charge in [-0.3, -0.25) is 0 Å². The maximum absolute atomic E-state index is 5.88. The average molecular weight is 334 g/mol. The highest BCUT2D eigenvalue weighted by molar-refractivity contribution is 14.1. The summed E-state index contributed by atoms with van der Waals surface area (Å²) in [6.07, 6.45) is 0. The van der Waals surface area contributed by atoms with E-state index in [0.717, 1.165) is 28.1 Å². The van der Waals surface area contributed by atoms with Gasteiger partial charge in [-0.25, -0.2) is 0 Å². The number of ether oxygens (including phenoxy) is 1. The van der Waals surface area contributed by atoms with Gasteiger partial charge in [-0.15, -0.1) is 0 Å². The van der Waals surface area contributed by atoms with Gasteiger partial charge in [0.1, 0.15) is 0 Å². The number of nitrogen functional groups attached to an aromatic ring is 1. The number of benzene rings is 1. The number of halogens is 1. The van der Waals surface area contributed by atoms with Crippen LogP contribution >= 0.6 is 22.6 Å². The van der Waals surface area contributed by atoms with Crippen LogP contribution in [-0.4, -0.2) is 19.8 Å². The van der Waals surface area contributed by atoms with Crippen LogP contribution in [0.25, 0.3) is 0 Å². The van der Waals surface area contributed by atoms with Crippen molar-refractivity contribution in [1.82, 2.24) is 0 Å². The summed E-state index contributed by atoms with van der Waals surface area (Å²) in [6, 6.07) is 5.99.